The lowest BCUT2D eigenvalue weighted by Crippen LogP contribution is -2.28. The van der Waals surface area contributed by atoms with Crippen LogP contribution in [0.3, 0.4) is 0 Å². The van der Waals surface area contributed by atoms with Gasteiger partial charge in [-0.3, -0.25) is 0 Å². The van der Waals surface area contributed by atoms with Gasteiger partial charge in [0.1, 0.15) is 0 Å². The fraction of sp³-hybridized carbons (Fsp3) is 0.500. The Morgan fingerprint density at radius 1 is 1.19 bits per heavy atom. The minimum Gasteiger partial charge on any atom is -0.381 e. The maximum Gasteiger partial charge on any atom is 0.417 e. The number of nitrogens with one attached hydrogen (secondary N) is 1. The molecule has 0 aliphatic carbocycles. The molecule has 0 atom stereocenters. The number of hydrogen-bond donors (Lipinski definition) is 1. The molecule has 4 nitrogen and oxygen atoms in total. The van der Waals surface area contributed by atoms with E-state index < -0.39 is 26.7 Å². The first-order valence-electron chi connectivity index (χ1n) is 6.08. The summed E-state index contributed by atoms with van der Waals surface area (Å²) >= 11 is 3.16. The molecule has 0 unspecified atom stereocenters. The second kappa shape index (κ2) is 8.11. The Labute approximate surface area is 129 Å². The van der Waals surface area contributed by atoms with Crippen molar-refractivity contribution < 1.29 is 26.3 Å². The van der Waals surface area contributed by atoms with Crippen LogP contribution in [0.15, 0.2) is 29.2 Å². The Hall–Kier alpha value is -0.640. The number of sulfonamides is 1. The largest absolute Gasteiger partial charge is 0.417 e. The molecular formula is C12H15BrF3NO3S. The fourth-order valence-electron chi connectivity index (χ4n) is 1.55. The minimum atomic E-state index is -4.72. The zero-order valence-corrected chi connectivity index (χ0v) is 13.4. The number of halogens is 4. The average Bonchev–Trinajstić information content (AvgIpc) is 2.42. The third-order valence-electron chi connectivity index (χ3n) is 2.46. The number of alkyl halides is 4. The predicted octanol–water partition coefficient (Wildman–Crippen LogP) is 2.79. The summed E-state index contributed by atoms with van der Waals surface area (Å²) < 4.78 is 69.5. The maximum absolute atomic E-state index is 12.8. The van der Waals surface area contributed by atoms with Crippen LogP contribution >= 0.6 is 15.9 Å². The molecular weight excluding hydrogens is 375 g/mol. The van der Waals surface area contributed by atoms with E-state index in [-0.39, 0.29) is 6.54 Å². The molecule has 0 fully saturated rings. The summed E-state index contributed by atoms with van der Waals surface area (Å²) in [6, 6.07) is 4.08. The van der Waals surface area contributed by atoms with Gasteiger partial charge in [-0.15, -0.1) is 0 Å². The van der Waals surface area contributed by atoms with E-state index in [0.717, 1.165) is 18.2 Å². The number of hydrogen-bond acceptors (Lipinski definition) is 3. The molecule has 9 heteroatoms. The highest BCUT2D eigenvalue weighted by atomic mass is 79.9. The highest BCUT2D eigenvalue weighted by molar-refractivity contribution is 9.09. The van der Waals surface area contributed by atoms with Crippen LogP contribution in [0, 0.1) is 0 Å². The fourth-order valence-corrected chi connectivity index (χ4v) is 3.08. The monoisotopic (exact) mass is 389 g/mol. The van der Waals surface area contributed by atoms with Crippen LogP contribution < -0.4 is 4.72 Å². The summed E-state index contributed by atoms with van der Waals surface area (Å²) in [7, 11) is -4.20. The van der Waals surface area contributed by atoms with Crippen molar-refractivity contribution >= 4 is 26.0 Å². The maximum atomic E-state index is 12.8. The number of rotatable bonds is 8. The van der Waals surface area contributed by atoms with Crippen molar-refractivity contribution in [1.82, 2.24) is 4.72 Å². The van der Waals surface area contributed by atoms with Gasteiger partial charge in [-0.05, 0) is 18.6 Å². The van der Waals surface area contributed by atoms with Crippen LogP contribution in [0.4, 0.5) is 13.2 Å². The first-order chi connectivity index (χ1) is 9.79. The van der Waals surface area contributed by atoms with Crippen molar-refractivity contribution in [2.24, 2.45) is 0 Å². The van der Waals surface area contributed by atoms with Crippen LogP contribution in [0.5, 0.6) is 0 Å². The highest BCUT2D eigenvalue weighted by Crippen LogP contribution is 2.33. The van der Waals surface area contributed by atoms with Crippen molar-refractivity contribution in [2.45, 2.75) is 17.5 Å². The summed E-state index contributed by atoms with van der Waals surface area (Å²) in [6.45, 7) is 0.829. The quantitative estimate of drug-likeness (QED) is 0.549. The van der Waals surface area contributed by atoms with E-state index in [4.69, 9.17) is 4.74 Å². The Morgan fingerprint density at radius 3 is 2.48 bits per heavy atom. The molecule has 0 heterocycles. The Bertz CT molecular complexity index is 549. The van der Waals surface area contributed by atoms with Gasteiger partial charge >= 0.3 is 6.18 Å². The first kappa shape index (κ1) is 18.4. The van der Waals surface area contributed by atoms with Gasteiger partial charge in [-0.25, -0.2) is 13.1 Å². The lowest BCUT2D eigenvalue weighted by atomic mass is 10.2. The minimum absolute atomic E-state index is 0.0107. The third kappa shape index (κ3) is 5.93. The van der Waals surface area contributed by atoms with E-state index in [9.17, 15) is 21.6 Å². The van der Waals surface area contributed by atoms with E-state index >= 15 is 0 Å². The molecule has 0 amide bonds. The average molecular weight is 390 g/mol. The molecule has 0 saturated carbocycles. The smallest absolute Gasteiger partial charge is 0.381 e. The molecule has 0 saturated heterocycles. The predicted molar refractivity (Wildman–Crippen MR) is 75.9 cm³/mol. The van der Waals surface area contributed by atoms with Gasteiger partial charge in [0.2, 0.25) is 10.0 Å². The summed E-state index contributed by atoms with van der Waals surface area (Å²) in [5.41, 5.74) is -1.17. The lowest BCUT2D eigenvalue weighted by Gasteiger charge is -2.13. The van der Waals surface area contributed by atoms with Gasteiger partial charge < -0.3 is 4.74 Å². The molecule has 1 aromatic carbocycles. The van der Waals surface area contributed by atoms with E-state index in [1.54, 1.807) is 0 Å². The first-order valence-corrected chi connectivity index (χ1v) is 8.69. The molecule has 0 spiro atoms. The van der Waals surface area contributed by atoms with Crippen molar-refractivity contribution in [3.8, 4) is 0 Å². The summed E-state index contributed by atoms with van der Waals surface area (Å²) in [5, 5.41) is 0.664. The molecule has 0 aliphatic heterocycles. The second-order valence-corrected chi connectivity index (χ2v) is 6.57. The standard InChI is InChI=1S/C12H15BrF3NO3S/c13-6-9-20-8-3-7-17-21(18,19)11-5-2-1-4-10(11)12(14,15)16/h1-2,4-5,17H,3,6-9H2. The molecule has 0 aliphatic rings. The van der Waals surface area contributed by atoms with E-state index in [0.29, 0.717) is 25.0 Å². The Balaban J connectivity index is 2.71. The molecule has 1 rings (SSSR count). The molecule has 120 valence electrons. The molecule has 0 aromatic heterocycles. The van der Waals surface area contributed by atoms with Crippen molar-refractivity contribution in [3.05, 3.63) is 29.8 Å². The van der Waals surface area contributed by atoms with Crippen LogP contribution in [0.2, 0.25) is 0 Å². The molecule has 21 heavy (non-hydrogen) atoms. The molecule has 1 N–H and O–H groups in total. The highest BCUT2D eigenvalue weighted by Gasteiger charge is 2.36. The lowest BCUT2D eigenvalue weighted by molar-refractivity contribution is -0.139. The second-order valence-electron chi connectivity index (χ2n) is 4.05. The van der Waals surface area contributed by atoms with E-state index in [2.05, 4.69) is 20.7 Å². The zero-order chi connectivity index (χ0) is 15.9. The van der Waals surface area contributed by atoms with Gasteiger partial charge in [-0.2, -0.15) is 13.2 Å². The van der Waals surface area contributed by atoms with Gasteiger partial charge in [0.05, 0.1) is 17.1 Å². The normalized spacial score (nSPS) is 12.6. The SMILES string of the molecule is O=S(=O)(NCCCOCCBr)c1ccccc1C(F)(F)F. The van der Waals surface area contributed by atoms with Gasteiger partial charge in [0.15, 0.2) is 0 Å². The van der Waals surface area contributed by atoms with E-state index in [1.807, 2.05) is 0 Å². The van der Waals surface area contributed by atoms with Crippen molar-refractivity contribution in [3.63, 3.8) is 0 Å². The van der Waals surface area contributed by atoms with Gasteiger partial charge in [-0.1, -0.05) is 28.1 Å². The molecule has 1 aromatic rings. The van der Waals surface area contributed by atoms with Gasteiger partial charge in [0, 0.05) is 18.5 Å². The van der Waals surface area contributed by atoms with Gasteiger partial charge in [0.25, 0.3) is 0 Å². The zero-order valence-electron chi connectivity index (χ0n) is 11.0. The topological polar surface area (TPSA) is 55.4 Å². The van der Waals surface area contributed by atoms with E-state index in [1.165, 1.54) is 6.07 Å². The van der Waals surface area contributed by atoms with Crippen molar-refractivity contribution in [1.29, 1.82) is 0 Å². The third-order valence-corrected chi connectivity index (χ3v) is 4.30. The summed E-state index contributed by atoms with van der Waals surface area (Å²) in [4.78, 5) is -0.765. The van der Waals surface area contributed by atoms with Crippen LogP contribution in [-0.2, 0) is 20.9 Å². The number of benzene rings is 1. The molecule has 0 radical (unpaired) electrons. The summed E-state index contributed by atoms with van der Waals surface area (Å²) in [6.07, 6.45) is -4.34. The van der Waals surface area contributed by atoms with Crippen molar-refractivity contribution in [2.75, 3.05) is 25.1 Å². The van der Waals surface area contributed by atoms with Crippen LogP contribution in [-0.4, -0.2) is 33.5 Å². The molecule has 0 bridgehead atoms. The van der Waals surface area contributed by atoms with Crippen LogP contribution in [0.1, 0.15) is 12.0 Å². The number of ether oxygens (including phenoxy) is 1. The summed E-state index contributed by atoms with van der Waals surface area (Å²) in [5.74, 6) is 0. The Kier molecular flexibility index (Phi) is 7.11. The Morgan fingerprint density at radius 2 is 1.86 bits per heavy atom. The van der Waals surface area contributed by atoms with Crippen LogP contribution in [0.25, 0.3) is 0 Å².